The van der Waals surface area contributed by atoms with Gasteiger partial charge >= 0.3 is 0 Å². The Kier molecular flexibility index (Phi) is 4.05. The molecule has 0 aliphatic rings. The fraction of sp³-hybridized carbons (Fsp3) is 0.833. The van der Waals surface area contributed by atoms with Crippen LogP contribution in [0.25, 0.3) is 0 Å². The maximum atomic E-state index is 10.3. The minimum Gasteiger partial charge on any atom is -0.344 e. The highest BCUT2D eigenvalue weighted by Crippen LogP contribution is 1.71. The highest BCUT2D eigenvalue weighted by Gasteiger charge is 1.90. The van der Waals surface area contributed by atoms with Gasteiger partial charge in [-0.3, -0.25) is 10.1 Å². The molecule has 9 heavy (non-hydrogen) atoms. The van der Waals surface area contributed by atoms with E-state index in [4.69, 9.17) is 0 Å². The van der Waals surface area contributed by atoms with Gasteiger partial charge in [0.2, 0.25) is 5.91 Å². The Morgan fingerprint density at radius 1 is 1.56 bits per heavy atom. The molecule has 1 amide bonds. The molecule has 0 saturated heterocycles. The van der Waals surface area contributed by atoms with Gasteiger partial charge in [-0.15, -0.1) is 0 Å². The second kappa shape index (κ2) is 4.32. The molecule has 54 valence electrons. The van der Waals surface area contributed by atoms with Gasteiger partial charge in [0.15, 0.2) is 0 Å². The summed E-state index contributed by atoms with van der Waals surface area (Å²) in [5, 5.41) is 5.67. The smallest absolute Gasteiger partial charge is 0.217 e. The van der Waals surface area contributed by atoms with Crippen molar-refractivity contribution in [2.75, 3.05) is 6.67 Å². The second-order valence-electron chi connectivity index (χ2n) is 2.27. The molecule has 0 radical (unpaired) electrons. The van der Waals surface area contributed by atoms with Gasteiger partial charge in [-0.25, -0.2) is 0 Å². The van der Waals surface area contributed by atoms with Gasteiger partial charge < -0.3 is 5.32 Å². The molecule has 0 fully saturated rings. The third kappa shape index (κ3) is 7.43. The summed E-state index contributed by atoms with van der Waals surface area (Å²) >= 11 is 0. The van der Waals surface area contributed by atoms with Crippen molar-refractivity contribution in [3.05, 3.63) is 0 Å². The topological polar surface area (TPSA) is 41.1 Å². The molecule has 0 saturated carbocycles. The summed E-state index contributed by atoms with van der Waals surface area (Å²) in [6, 6.07) is 0.428. The third-order valence-electron chi connectivity index (χ3n) is 0.848. The highest BCUT2D eigenvalue weighted by molar-refractivity contribution is 5.72. The molecule has 3 nitrogen and oxygen atoms in total. The third-order valence-corrected chi connectivity index (χ3v) is 0.848. The number of hydrogen-bond acceptors (Lipinski definition) is 2. The summed E-state index contributed by atoms with van der Waals surface area (Å²) in [6.07, 6.45) is 0. The van der Waals surface area contributed by atoms with Crippen LogP contribution in [0.4, 0.5) is 0 Å². The van der Waals surface area contributed by atoms with E-state index in [0.717, 1.165) is 0 Å². The second-order valence-corrected chi connectivity index (χ2v) is 2.27. The van der Waals surface area contributed by atoms with Crippen LogP contribution in [0.1, 0.15) is 20.8 Å². The summed E-state index contributed by atoms with van der Waals surface area (Å²) in [5.41, 5.74) is 0. The monoisotopic (exact) mass is 130 g/mol. The van der Waals surface area contributed by atoms with E-state index in [1.165, 1.54) is 6.92 Å². The first kappa shape index (κ1) is 8.43. The molecule has 0 aromatic carbocycles. The van der Waals surface area contributed by atoms with Gasteiger partial charge in [-0.2, -0.15) is 0 Å². The van der Waals surface area contributed by atoms with Crippen molar-refractivity contribution < 1.29 is 4.79 Å². The lowest BCUT2D eigenvalue weighted by Gasteiger charge is -2.06. The van der Waals surface area contributed by atoms with Crippen LogP contribution in [0.15, 0.2) is 0 Å². The first-order valence-electron chi connectivity index (χ1n) is 3.10. The van der Waals surface area contributed by atoms with E-state index in [-0.39, 0.29) is 5.91 Å². The molecule has 0 unspecified atom stereocenters. The average molecular weight is 130 g/mol. The van der Waals surface area contributed by atoms with Crippen molar-refractivity contribution in [2.24, 2.45) is 0 Å². The molecule has 0 aliphatic carbocycles. The number of nitrogens with one attached hydrogen (secondary N) is 2. The molecule has 0 bridgehead atoms. The van der Waals surface area contributed by atoms with Crippen molar-refractivity contribution in [3.8, 4) is 0 Å². The Hall–Kier alpha value is -0.570. The first-order chi connectivity index (χ1) is 4.13. The summed E-state index contributed by atoms with van der Waals surface area (Å²) in [7, 11) is 0. The van der Waals surface area contributed by atoms with E-state index in [0.29, 0.717) is 12.7 Å². The molecule has 3 heteroatoms. The number of carbonyl (C=O) groups excluding carboxylic acids is 1. The first-order valence-corrected chi connectivity index (χ1v) is 3.10. The quantitative estimate of drug-likeness (QED) is 0.531. The van der Waals surface area contributed by atoms with Crippen molar-refractivity contribution in [1.82, 2.24) is 10.6 Å². The molecule has 0 heterocycles. The Labute approximate surface area is 55.8 Å². The number of carbonyl (C=O) groups is 1. The van der Waals surface area contributed by atoms with Crippen molar-refractivity contribution in [1.29, 1.82) is 0 Å². The fourth-order valence-corrected chi connectivity index (χ4v) is 0.380. The molecule has 0 rings (SSSR count). The van der Waals surface area contributed by atoms with Gasteiger partial charge in [0.25, 0.3) is 0 Å². The van der Waals surface area contributed by atoms with Gasteiger partial charge in [-0.05, 0) is 13.8 Å². The van der Waals surface area contributed by atoms with E-state index in [2.05, 4.69) is 10.6 Å². The Morgan fingerprint density at radius 2 is 2.11 bits per heavy atom. The van der Waals surface area contributed by atoms with E-state index >= 15 is 0 Å². The van der Waals surface area contributed by atoms with Crippen LogP contribution in [-0.2, 0) is 4.79 Å². The molecular formula is C6H14N2O. The number of hydrogen-bond donors (Lipinski definition) is 2. The summed E-state index contributed by atoms with van der Waals surface area (Å²) in [4.78, 5) is 10.3. The van der Waals surface area contributed by atoms with Gasteiger partial charge in [0.1, 0.15) is 0 Å². The molecule has 0 aromatic rings. The lowest BCUT2D eigenvalue weighted by atomic mass is 10.4. The number of rotatable bonds is 3. The van der Waals surface area contributed by atoms with Gasteiger partial charge in [-0.1, -0.05) is 0 Å². The maximum absolute atomic E-state index is 10.3. The Balaban J connectivity index is 3.01. The van der Waals surface area contributed by atoms with Crippen LogP contribution in [-0.4, -0.2) is 18.6 Å². The van der Waals surface area contributed by atoms with Crippen molar-refractivity contribution >= 4 is 5.91 Å². The predicted molar refractivity (Wildman–Crippen MR) is 37.0 cm³/mol. The van der Waals surface area contributed by atoms with Crippen LogP contribution >= 0.6 is 0 Å². The highest BCUT2D eigenvalue weighted by atomic mass is 16.1. The van der Waals surface area contributed by atoms with Crippen LogP contribution < -0.4 is 10.6 Å². The van der Waals surface area contributed by atoms with E-state index in [1.807, 2.05) is 13.8 Å². The lowest BCUT2D eigenvalue weighted by Crippen LogP contribution is -2.35. The standard InChI is InChI=1S/C6H14N2O/c1-5(2)7-4-8-6(3)9/h5,7H,4H2,1-3H3,(H,8,9). The normalized spacial score (nSPS) is 9.78. The zero-order chi connectivity index (χ0) is 7.28. The number of amides is 1. The van der Waals surface area contributed by atoms with Crippen molar-refractivity contribution in [2.45, 2.75) is 26.8 Å². The summed E-state index contributed by atoms with van der Waals surface area (Å²) in [6.45, 7) is 6.12. The largest absolute Gasteiger partial charge is 0.344 e. The van der Waals surface area contributed by atoms with E-state index < -0.39 is 0 Å². The zero-order valence-corrected chi connectivity index (χ0v) is 6.19. The van der Waals surface area contributed by atoms with Gasteiger partial charge in [0, 0.05) is 13.0 Å². The molecule has 2 N–H and O–H groups in total. The minimum absolute atomic E-state index is 0.00292. The predicted octanol–water partition coefficient (Wildman–Crippen LogP) is 0.0780. The SMILES string of the molecule is CC(=O)NCNC(C)C. The summed E-state index contributed by atoms with van der Waals surface area (Å²) < 4.78 is 0. The summed E-state index contributed by atoms with van der Waals surface area (Å²) in [5.74, 6) is 0.00292. The molecule has 0 aromatic heterocycles. The maximum Gasteiger partial charge on any atom is 0.217 e. The lowest BCUT2D eigenvalue weighted by molar-refractivity contribution is -0.119. The zero-order valence-electron chi connectivity index (χ0n) is 6.19. The van der Waals surface area contributed by atoms with Gasteiger partial charge in [0.05, 0.1) is 6.67 Å². The molecule has 0 atom stereocenters. The fourth-order valence-electron chi connectivity index (χ4n) is 0.380. The Morgan fingerprint density at radius 3 is 2.44 bits per heavy atom. The molecular weight excluding hydrogens is 116 g/mol. The van der Waals surface area contributed by atoms with E-state index in [1.54, 1.807) is 0 Å². The van der Waals surface area contributed by atoms with E-state index in [9.17, 15) is 4.79 Å². The van der Waals surface area contributed by atoms with Crippen LogP contribution in [0.2, 0.25) is 0 Å². The minimum atomic E-state index is 0.00292. The van der Waals surface area contributed by atoms with Crippen LogP contribution in [0.5, 0.6) is 0 Å². The van der Waals surface area contributed by atoms with Crippen LogP contribution in [0, 0.1) is 0 Å². The molecule has 0 aliphatic heterocycles. The Bertz CT molecular complexity index is 91.1. The van der Waals surface area contributed by atoms with Crippen LogP contribution in [0.3, 0.4) is 0 Å². The molecule has 0 spiro atoms. The average Bonchev–Trinajstić information content (AvgIpc) is 1.63. The van der Waals surface area contributed by atoms with Crippen molar-refractivity contribution in [3.63, 3.8) is 0 Å².